The number of carbonyl (C=O) groups excluding carboxylic acids is 1. The lowest BCUT2D eigenvalue weighted by Crippen LogP contribution is -2.50. The molecule has 1 aliphatic rings. The molecule has 3 rings (SSSR count). The van der Waals surface area contributed by atoms with Gasteiger partial charge in [0, 0.05) is 19.0 Å². The fourth-order valence-corrected chi connectivity index (χ4v) is 3.52. The molecule has 0 unspecified atom stereocenters. The maximum atomic E-state index is 12.9. The normalized spacial score (nSPS) is 22.5. The van der Waals surface area contributed by atoms with Crippen LogP contribution >= 0.6 is 0 Å². The quantitative estimate of drug-likeness (QED) is 0.816. The fourth-order valence-electron chi connectivity index (χ4n) is 2.75. The summed E-state index contributed by atoms with van der Waals surface area (Å²) in [7, 11) is -3.54. The van der Waals surface area contributed by atoms with E-state index >= 15 is 0 Å². The molecule has 2 aromatic rings. The summed E-state index contributed by atoms with van der Waals surface area (Å²) < 4.78 is 30.9. The third kappa shape index (κ3) is 2.84. The van der Waals surface area contributed by atoms with Crippen molar-refractivity contribution in [2.24, 2.45) is 0 Å². The molecular formula is C15H19N3O4S. The monoisotopic (exact) mass is 337 g/mol. The summed E-state index contributed by atoms with van der Waals surface area (Å²) in [6.07, 6.45) is 2.63. The molecule has 2 atom stereocenters. The Kier molecular flexibility index (Phi) is 3.89. The summed E-state index contributed by atoms with van der Waals surface area (Å²) in [4.78, 5) is 18.7. The lowest BCUT2D eigenvalue weighted by molar-refractivity contribution is -0.0388. The van der Waals surface area contributed by atoms with Crippen LogP contribution in [0.4, 0.5) is 0 Å². The van der Waals surface area contributed by atoms with Crippen LogP contribution in [0.15, 0.2) is 29.6 Å². The highest BCUT2D eigenvalue weighted by Gasteiger charge is 2.32. The van der Waals surface area contributed by atoms with Crippen molar-refractivity contribution < 1.29 is 17.9 Å². The number of nitrogens with zero attached hydrogens (tertiary/aromatic N) is 3. The van der Waals surface area contributed by atoms with Crippen molar-refractivity contribution in [2.45, 2.75) is 31.1 Å². The van der Waals surface area contributed by atoms with Crippen LogP contribution in [0, 0.1) is 0 Å². The maximum Gasteiger partial charge on any atom is 0.275 e. The Morgan fingerprint density at radius 1 is 1.35 bits per heavy atom. The van der Waals surface area contributed by atoms with E-state index in [2.05, 4.69) is 4.98 Å². The van der Waals surface area contributed by atoms with E-state index in [1.165, 1.54) is 4.40 Å². The predicted molar refractivity (Wildman–Crippen MR) is 84.2 cm³/mol. The van der Waals surface area contributed by atoms with Crippen LogP contribution in [0.5, 0.6) is 0 Å². The molecule has 1 saturated heterocycles. The van der Waals surface area contributed by atoms with E-state index in [0.717, 1.165) is 6.26 Å². The number of rotatable bonds is 2. The predicted octanol–water partition coefficient (Wildman–Crippen LogP) is 0.987. The first kappa shape index (κ1) is 15.9. The molecule has 2 aromatic heterocycles. The topological polar surface area (TPSA) is 81.0 Å². The van der Waals surface area contributed by atoms with E-state index in [1.54, 1.807) is 29.3 Å². The molecule has 0 radical (unpaired) electrons. The van der Waals surface area contributed by atoms with Crippen LogP contribution in [0.25, 0.3) is 5.52 Å². The minimum atomic E-state index is -3.54. The van der Waals surface area contributed by atoms with Gasteiger partial charge >= 0.3 is 0 Å². The Morgan fingerprint density at radius 2 is 2.09 bits per heavy atom. The summed E-state index contributed by atoms with van der Waals surface area (Å²) in [5, 5.41) is -0.120. The van der Waals surface area contributed by atoms with Crippen molar-refractivity contribution in [1.82, 2.24) is 14.3 Å². The smallest absolute Gasteiger partial charge is 0.275 e. The van der Waals surface area contributed by atoms with Crippen LogP contribution in [-0.2, 0) is 14.6 Å². The average Bonchev–Trinajstić information content (AvgIpc) is 2.89. The largest absolute Gasteiger partial charge is 0.375 e. The molecule has 0 spiro atoms. The van der Waals surface area contributed by atoms with Crippen molar-refractivity contribution in [1.29, 1.82) is 0 Å². The Bertz CT molecular complexity index is 859. The van der Waals surface area contributed by atoms with Crippen molar-refractivity contribution in [3.05, 3.63) is 30.1 Å². The van der Waals surface area contributed by atoms with Crippen molar-refractivity contribution in [3.8, 4) is 0 Å². The van der Waals surface area contributed by atoms with Crippen LogP contribution in [0.2, 0.25) is 0 Å². The number of imidazole rings is 1. The molecule has 124 valence electrons. The number of morpholine rings is 1. The van der Waals surface area contributed by atoms with Gasteiger partial charge in [-0.25, -0.2) is 13.4 Å². The number of pyridine rings is 1. The maximum absolute atomic E-state index is 12.9. The highest BCUT2D eigenvalue weighted by atomic mass is 32.2. The van der Waals surface area contributed by atoms with Gasteiger partial charge in [-0.3, -0.25) is 9.20 Å². The summed E-state index contributed by atoms with van der Waals surface area (Å²) in [6.45, 7) is 4.72. The van der Waals surface area contributed by atoms with Crippen molar-refractivity contribution in [2.75, 3.05) is 19.4 Å². The molecule has 23 heavy (non-hydrogen) atoms. The fraction of sp³-hybridized carbons (Fsp3) is 0.467. The molecule has 1 amide bonds. The highest BCUT2D eigenvalue weighted by Crippen LogP contribution is 2.21. The summed E-state index contributed by atoms with van der Waals surface area (Å²) in [6, 6.07) is 5.08. The Hall–Kier alpha value is -1.93. The molecule has 0 aliphatic carbocycles. The minimum absolute atomic E-state index is 0.0570. The second kappa shape index (κ2) is 5.61. The van der Waals surface area contributed by atoms with Gasteiger partial charge in [-0.1, -0.05) is 6.07 Å². The van der Waals surface area contributed by atoms with Gasteiger partial charge in [0.1, 0.15) is 0 Å². The molecule has 1 aliphatic heterocycles. The zero-order valence-corrected chi connectivity index (χ0v) is 14.1. The number of fused-ring (bicyclic) bond motifs is 1. The third-order valence-electron chi connectivity index (χ3n) is 3.92. The molecule has 8 heteroatoms. The van der Waals surface area contributed by atoms with Crippen LogP contribution in [0.1, 0.15) is 24.3 Å². The Morgan fingerprint density at radius 3 is 2.78 bits per heavy atom. The summed E-state index contributed by atoms with van der Waals surface area (Å²) in [5.41, 5.74) is 0.649. The van der Waals surface area contributed by atoms with E-state index < -0.39 is 9.84 Å². The highest BCUT2D eigenvalue weighted by molar-refractivity contribution is 7.90. The number of sulfone groups is 1. The number of amides is 1. The molecular weight excluding hydrogens is 318 g/mol. The van der Waals surface area contributed by atoms with Gasteiger partial charge in [0.05, 0.1) is 24.3 Å². The standard InChI is InChI=1S/C15H19N3O4S/c1-10-9-22-11(2)8-18(10)14(19)13-12-6-4-5-7-17(12)15(16-13)23(3,20)21/h4-7,10-11H,8-9H2,1-3H3/t10-,11+/m1/s1. The number of hydrogen-bond donors (Lipinski definition) is 0. The lowest BCUT2D eigenvalue weighted by Gasteiger charge is -2.36. The third-order valence-corrected chi connectivity index (χ3v) is 4.87. The average molecular weight is 337 g/mol. The number of ether oxygens (including phenoxy) is 1. The molecule has 0 N–H and O–H groups in total. The van der Waals surface area contributed by atoms with Crippen LogP contribution < -0.4 is 0 Å². The Labute approximate surface area is 134 Å². The zero-order chi connectivity index (χ0) is 16.8. The van der Waals surface area contributed by atoms with E-state index in [-0.39, 0.29) is 28.9 Å². The molecule has 3 heterocycles. The van der Waals surface area contributed by atoms with Gasteiger partial charge in [0.25, 0.3) is 5.91 Å². The second-order valence-electron chi connectivity index (χ2n) is 5.92. The molecule has 0 aromatic carbocycles. The van der Waals surface area contributed by atoms with Gasteiger partial charge in [0.15, 0.2) is 5.69 Å². The van der Waals surface area contributed by atoms with Gasteiger partial charge < -0.3 is 9.64 Å². The number of aromatic nitrogens is 2. The molecule has 7 nitrogen and oxygen atoms in total. The van der Waals surface area contributed by atoms with Crippen LogP contribution in [-0.4, -0.2) is 60.2 Å². The van der Waals surface area contributed by atoms with Gasteiger partial charge in [-0.15, -0.1) is 0 Å². The minimum Gasteiger partial charge on any atom is -0.375 e. The van der Waals surface area contributed by atoms with E-state index in [0.29, 0.717) is 18.7 Å². The molecule has 0 saturated carbocycles. The van der Waals surface area contributed by atoms with E-state index in [4.69, 9.17) is 4.74 Å². The van der Waals surface area contributed by atoms with E-state index in [9.17, 15) is 13.2 Å². The molecule has 0 bridgehead atoms. The lowest BCUT2D eigenvalue weighted by atomic mass is 10.2. The first-order valence-corrected chi connectivity index (χ1v) is 9.28. The summed E-state index contributed by atoms with van der Waals surface area (Å²) >= 11 is 0. The van der Waals surface area contributed by atoms with Gasteiger partial charge in [-0.2, -0.15) is 0 Å². The zero-order valence-electron chi connectivity index (χ0n) is 13.3. The molecule has 1 fully saturated rings. The Balaban J connectivity index is 2.11. The van der Waals surface area contributed by atoms with Crippen molar-refractivity contribution >= 4 is 21.3 Å². The number of hydrogen-bond acceptors (Lipinski definition) is 5. The van der Waals surface area contributed by atoms with Crippen LogP contribution in [0.3, 0.4) is 0 Å². The first-order chi connectivity index (χ1) is 10.8. The van der Waals surface area contributed by atoms with E-state index in [1.807, 2.05) is 13.8 Å². The number of carbonyl (C=O) groups is 1. The van der Waals surface area contributed by atoms with Gasteiger partial charge in [-0.05, 0) is 26.0 Å². The first-order valence-electron chi connectivity index (χ1n) is 7.38. The SMILES string of the molecule is C[C@@H]1CO[C@@H](C)CN1C(=O)c1nc(S(C)(=O)=O)n2ccccc12. The van der Waals surface area contributed by atoms with Gasteiger partial charge in [0.2, 0.25) is 15.0 Å². The summed E-state index contributed by atoms with van der Waals surface area (Å²) in [5.74, 6) is -0.272. The second-order valence-corrected chi connectivity index (χ2v) is 7.83. The van der Waals surface area contributed by atoms with Crippen molar-refractivity contribution in [3.63, 3.8) is 0 Å².